The normalized spacial score (nSPS) is 21.9. The average Bonchev–Trinajstić information content (AvgIpc) is 3.56. The lowest BCUT2D eigenvalue weighted by atomic mass is 9.85. The maximum absolute atomic E-state index is 13.0. The van der Waals surface area contributed by atoms with Crippen LogP contribution >= 0.6 is 11.6 Å². The third-order valence-corrected chi connectivity index (χ3v) is 6.91. The van der Waals surface area contributed by atoms with Crippen LogP contribution in [0.2, 0.25) is 5.02 Å². The van der Waals surface area contributed by atoms with E-state index in [4.69, 9.17) is 16.3 Å². The molecule has 1 saturated heterocycles. The van der Waals surface area contributed by atoms with Crippen LogP contribution in [0.4, 0.5) is 18.9 Å². The molecule has 1 aromatic heterocycles. The first-order valence-corrected chi connectivity index (χ1v) is 12.4. The monoisotopic (exact) mass is 541 g/mol. The zero-order valence-corrected chi connectivity index (χ0v) is 20.5. The van der Waals surface area contributed by atoms with Crippen LogP contribution in [-0.2, 0) is 15.7 Å². The molecule has 2 fully saturated rings. The van der Waals surface area contributed by atoms with E-state index in [-0.39, 0.29) is 34.2 Å². The van der Waals surface area contributed by atoms with E-state index in [0.29, 0.717) is 38.8 Å². The summed E-state index contributed by atoms with van der Waals surface area (Å²) in [5.41, 5.74) is -0.969. The molecule has 3 amide bonds. The van der Waals surface area contributed by atoms with Crippen LogP contribution in [0.5, 0.6) is 0 Å². The molecular formula is C24H27ClF3N5O4. The van der Waals surface area contributed by atoms with Gasteiger partial charge in [0.15, 0.2) is 5.69 Å². The molecule has 1 aliphatic carbocycles. The summed E-state index contributed by atoms with van der Waals surface area (Å²) < 4.78 is 44.4. The molecule has 200 valence electrons. The van der Waals surface area contributed by atoms with Crippen molar-refractivity contribution in [2.45, 2.75) is 56.8 Å². The van der Waals surface area contributed by atoms with E-state index in [1.54, 1.807) is 0 Å². The van der Waals surface area contributed by atoms with Crippen molar-refractivity contribution in [1.82, 2.24) is 20.6 Å². The molecule has 4 rings (SSSR count). The predicted octanol–water partition coefficient (Wildman–Crippen LogP) is 3.92. The van der Waals surface area contributed by atoms with Crippen LogP contribution in [-0.4, -0.2) is 53.0 Å². The van der Waals surface area contributed by atoms with Gasteiger partial charge in [0.2, 0.25) is 5.91 Å². The van der Waals surface area contributed by atoms with Crippen LogP contribution in [0, 0.1) is 5.92 Å². The molecule has 4 N–H and O–H groups in total. The average molecular weight is 542 g/mol. The summed E-state index contributed by atoms with van der Waals surface area (Å²) in [4.78, 5) is 44.7. The maximum Gasteiger partial charge on any atom is 0.416 e. The van der Waals surface area contributed by atoms with Gasteiger partial charge < -0.3 is 25.7 Å². The topological polar surface area (TPSA) is 125 Å². The SMILES string of the molecule is O=C(NC1CCC(C(=O)Nc2cc(C(F)(F)F)ccc2Cl)CC1)c1nc[nH]c1C(=O)NCC1CCCO1. The summed E-state index contributed by atoms with van der Waals surface area (Å²) in [6, 6.07) is 2.51. The van der Waals surface area contributed by atoms with Crippen molar-refractivity contribution in [3.63, 3.8) is 0 Å². The van der Waals surface area contributed by atoms with E-state index in [9.17, 15) is 27.6 Å². The largest absolute Gasteiger partial charge is 0.416 e. The Kier molecular flexibility index (Phi) is 8.38. The molecule has 1 unspecified atom stereocenters. The molecule has 0 bridgehead atoms. The third kappa shape index (κ3) is 6.80. The smallest absolute Gasteiger partial charge is 0.376 e. The van der Waals surface area contributed by atoms with Crippen molar-refractivity contribution < 1.29 is 32.3 Å². The van der Waals surface area contributed by atoms with Crippen LogP contribution in [0.25, 0.3) is 0 Å². The van der Waals surface area contributed by atoms with Gasteiger partial charge in [0, 0.05) is 25.1 Å². The molecule has 9 nitrogen and oxygen atoms in total. The molecule has 0 radical (unpaired) electrons. The number of hydrogen-bond donors (Lipinski definition) is 4. The van der Waals surface area contributed by atoms with E-state index in [1.165, 1.54) is 6.33 Å². The number of carbonyl (C=O) groups is 3. The van der Waals surface area contributed by atoms with Gasteiger partial charge in [-0.3, -0.25) is 14.4 Å². The van der Waals surface area contributed by atoms with Crippen molar-refractivity contribution in [1.29, 1.82) is 0 Å². The van der Waals surface area contributed by atoms with Crippen LogP contribution in [0.1, 0.15) is 65.1 Å². The summed E-state index contributed by atoms with van der Waals surface area (Å²) in [6.45, 7) is 1.01. The van der Waals surface area contributed by atoms with Gasteiger partial charge in [-0.15, -0.1) is 0 Å². The lowest BCUT2D eigenvalue weighted by molar-refractivity contribution is -0.137. The number of nitrogens with zero attached hydrogens (tertiary/aromatic N) is 1. The number of carbonyl (C=O) groups excluding carboxylic acids is 3. The fraction of sp³-hybridized carbons (Fsp3) is 0.500. The number of aromatic nitrogens is 2. The minimum Gasteiger partial charge on any atom is -0.376 e. The van der Waals surface area contributed by atoms with Crippen molar-refractivity contribution in [2.75, 3.05) is 18.5 Å². The quantitative estimate of drug-likeness (QED) is 0.423. The number of amides is 3. The van der Waals surface area contributed by atoms with Gasteiger partial charge in [0.05, 0.1) is 28.7 Å². The molecule has 1 saturated carbocycles. The molecule has 1 aromatic carbocycles. The predicted molar refractivity (Wildman–Crippen MR) is 128 cm³/mol. The Balaban J connectivity index is 1.27. The number of aromatic amines is 1. The number of hydrogen-bond acceptors (Lipinski definition) is 5. The number of benzene rings is 1. The van der Waals surface area contributed by atoms with Gasteiger partial charge in [0.1, 0.15) is 5.69 Å². The zero-order chi connectivity index (χ0) is 26.6. The van der Waals surface area contributed by atoms with E-state index in [1.807, 2.05) is 0 Å². The number of imidazole rings is 1. The van der Waals surface area contributed by atoms with Gasteiger partial charge in [-0.25, -0.2) is 4.98 Å². The highest BCUT2D eigenvalue weighted by molar-refractivity contribution is 6.33. The first-order chi connectivity index (χ1) is 17.6. The van der Waals surface area contributed by atoms with Gasteiger partial charge in [0.25, 0.3) is 11.8 Å². The van der Waals surface area contributed by atoms with E-state index in [2.05, 4.69) is 25.9 Å². The molecule has 1 aliphatic heterocycles. The first kappa shape index (κ1) is 26.9. The highest BCUT2D eigenvalue weighted by atomic mass is 35.5. The second kappa shape index (κ2) is 11.5. The minimum atomic E-state index is -4.56. The number of H-pyrrole nitrogens is 1. The fourth-order valence-corrected chi connectivity index (χ4v) is 4.69. The molecular weight excluding hydrogens is 515 g/mol. The van der Waals surface area contributed by atoms with Gasteiger partial charge in [-0.1, -0.05) is 11.6 Å². The summed E-state index contributed by atoms with van der Waals surface area (Å²) in [5, 5.41) is 8.11. The Hall–Kier alpha value is -3.12. The summed E-state index contributed by atoms with van der Waals surface area (Å²) >= 11 is 5.97. The van der Waals surface area contributed by atoms with Crippen LogP contribution in [0.15, 0.2) is 24.5 Å². The molecule has 13 heteroatoms. The van der Waals surface area contributed by atoms with Crippen molar-refractivity contribution in [3.05, 3.63) is 46.5 Å². The Morgan fingerprint density at radius 1 is 1.11 bits per heavy atom. The fourth-order valence-electron chi connectivity index (χ4n) is 4.53. The maximum atomic E-state index is 13.0. The molecule has 2 heterocycles. The standard InChI is InChI=1S/C24H27ClF3N5O4/c25-17-8-5-14(24(26,27)28)10-18(17)33-21(34)13-3-6-15(7-4-13)32-23(36)20-19(30-12-31-20)22(35)29-11-16-2-1-9-37-16/h5,8,10,12-13,15-16H,1-4,6-7,9,11H2,(H,29,35)(H,30,31)(H,32,36)(H,33,34). The highest BCUT2D eigenvalue weighted by Crippen LogP contribution is 2.34. The molecule has 37 heavy (non-hydrogen) atoms. The lowest BCUT2D eigenvalue weighted by Gasteiger charge is -2.28. The Labute approximate surface area is 215 Å². The Morgan fingerprint density at radius 3 is 2.54 bits per heavy atom. The number of rotatable bonds is 7. The van der Waals surface area contributed by atoms with Crippen molar-refractivity contribution >= 4 is 35.0 Å². The number of ether oxygens (including phenoxy) is 1. The molecule has 2 aromatic rings. The molecule has 2 aliphatic rings. The lowest BCUT2D eigenvalue weighted by Crippen LogP contribution is -2.40. The Bertz CT molecular complexity index is 1140. The van der Waals surface area contributed by atoms with E-state index < -0.39 is 35.4 Å². The Morgan fingerprint density at radius 2 is 1.86 bits per heavy atom. The van der Waals surface area contributed by atoms with E-state index in [0.717, 1.165) is 31.0 Å². The van der Waals surface area contributed by atoms with Gasteiger partial charge in [-0.2, -0.15) is 13.2 Å². The summed E-state index contributed by atoms with van der Waals surface area (Å²) in [6.07, 6.45) is 0.281. The molecule has 1 atom stereocenters. The zero-order valence-electron chi connectivity index (χ0n) is 19.8. The summed E-state index contributed by atoms with van der Waals surface area (Å²) in [7, 11) is 0. The second-order valence-electron chi connectivity index (χ2n) is 9.17. The second-order valence-corrected chi connectivity index (χ2v) is 9.58. The first-order valence-electron chi connectivity index (χ1n) is 12.0. The number of nitrogens with one attached hydrogen (secondary N) is 4. The van der Waals surface area contributed by atoms with Crippen molar-refractivity contribution in [3.8, 4) is 0 Å². The minimum absolute atomic E-state index is 0.0110. The highest BCUT2D eigenvalue weighted by Gasteiger charge is 2.32. The number of alkyl halides is 3. The van der Waals surface area contributed by atoms with Crippen LogP contribution < -0.4 is 16.0 Å². The van der Waals surface area contributed by atoms with Gasteiger partial charge >= 0.3 is 6.18 Å². The van der Waals surface area contributed by atoms with Gasteiger partial charge in [-0.05, 0) is 56.7 Å². The third-order valence-electron chi connectivity index (χ3n) is 6.58. The summed E-state index contributed by atoms with van der Waals surface area (Å²) in [5.74, 6) is -1.83. The number of halogens is 4. The number of anilines is 1. The van der Waals surface area contributed by atoms with Crippen LogP contribution in [0.3, 0.4) is 0 Å². The van der Waals surface area contributed by atoms with Crippen molar-refractivity contribution in [2.24, 2.45) is 5.92 Å². The molecule has 0 spiro atoms. The van der Waals surface area contributed by atoms with E-state index >= 15 is 0 Å².